The number of rotatable bonds is 3. The molecule has 1 radical (unpaired) electrons. The van der Waals surface area contributed by atoms with Gasteiger partial charge in [0.15, 0.2) is 0 Å². The number of hydrogen-bond donors (Lipinski definition) is 0. The number of nitrogens with zero attached hydrogens (tertiary/aromatic N) is 1. The molecule has 0 unspecified atom stereocenters. The van der Waals surface area contributed by atoms with E-state index in [2.05, 4.69) is 4.90 Å². The highest BCUT2D eigenvalue weighted by Crippen LogP contribution is 2.06. The summed E-state index contributed by atoms with van der Waals surface area (Å²) in [5, 5.41) is 0. The number of hydrogen-bond acceptors (Lipinski definition) is 2. The van der Waals surface area contributed by atoms with Crippen molar-refractivity contribution < 1.29 is 4.79 Å². The second-order valence-electron chi connectivity index (χ2n) is 2.72. The third-order valence-corrected chi connectivity index (χ3v) is 1.85. The average molecular weight is 141 g/mol. The molecule has 0 bridgehead atoms. The van der Waals surface area contributed by atoms with Gasteiger partial charge >= 0.3 is 0 Å². The number of carbonyl (C=O) groups is 1. The predicted octanol–water partition coefficient (Wildman–Crippen LogP) is 0.282. The van der Waals surface area contributed by atoms with E-state index in [9.17, 15) is 4.79 Å². The lowest BCUT2D eigenvalue weighted by atomic mass is 10.4. The van der Waals surface area contributed by atoms with Crippen molar-refractivity contribution in [3.63, 3.8) is 0 Å². The molecular weight excluding hydrogens is 128 g/mol. The van der Waals surface area contributed by atoms with E-state index in [0.717, 1.165) is 19.6 Å². The van der Waals surface area contributed by atoms with E-state index in [1.807, 2.05) is 0 Å². The van der Waals surface area contributed by atoms with Crippen LogP contribution in [-0.4, -0.2) is 30.4 Å². The van der Waals surface area contributed by atoms with Gasteiger partial charge < -0.3 is 4.90 Å². The highest BCUT2D eigenvalue weighted by atomic mass is 16.1. The summed E-state index contributed by atoms with van der Waals surface area (Å²) in [6, 6.07) is 0. The topological polar surface area (TPSA) is 44.1 Å². The van der Waals surface area contributed by atoms with Gasteiger partial charge in [-0.05, 0) is 25.9 Å². The molecule has 1 rings (SSSR count). The van der Waals surface area contributed by atoms with Crippen molar-refractivity contribution in [2.45, 2.75) is 19.3 Å². The molecule has 0 atom stereocenters. The van der Waals surface area contributed by atoms with Crippen molar-refractivity contribution in [3.05, 3.63) is 0 Å². The van der Waals surface area contributed by atoms with Crippen LogP contribution >= 0.6 is 0 Å². The Labute approximate surface area is 61.2 Å². The fraction of sp³-hybridized carbons (Fsp3) is 0.857. The minimum Gasteiger partial charge on any atom is -0.303 e. The minimum atomic E-state index is -0.438. The van der Waals surface area contributed by atoms with Crippen LogP contribution in [0, 0.1) is 0 Å². The Bertz CT molecular complexity index is 119. The molecule has 0 aromatic rings. The van der Waals surface area contributed by atoms with Gasteiger partial charge in [-0.2, -0.15) is 0 Å². The molecule has 57 valence electrons. The quantitative estimate of drug-likeness (QED) is 0.566. The molecule has 0 saturated carbocycles. The normalized spacial score (nSPS) is 19.6. The Hall–Kier alpha value is -0.570. The van der Waals surface area contributed by atoms with Crippen LogP contribution in [0.2, 0.25) is 0 Å². The molecule has 10 heavy (non-hydrogen) atoms. The summed E-state index contributed by atoms with van der Waals surface area (Å²) in [6.45, 7) is 3.03. The maximum atomic E-state index is 10.2. The van der Waals surface area contributed by atoms with Crippen LogP contribution in [0.5, 0.6) is 0 Å². The summed E-state index contributed by atoms with van der Waals surface area (Å²) in [6.07, 6.45) is 2.92. The third-order valence-electron chi connectivity index (χ3n) is 1.85. The predicted molar refractivity (Wildman–Crippen MR) is 38.4 cm³/mol. The largest absolute Gasteiger partial charge is 0.303 e. The Morgan fingerprint density at radius 2 is 2.00 bits per heavy atom. The zero-order valence-corrected chi connectivity index (χ0v) is 6.10. The van der Waals surface area contributed by atoms with Gasteiger partial charge in [0.05, 0.1) is 0 Å². The first-order valence-corrected chi connectivity index (χ1v) is 3.76. The number of nitrogens with one attached hydrogen (secondary N) is 1. The van der Waals surface area contributed by atoms with Crippen LogP contribution in [0.3, 0.4) is 0 Å². The fourth-order valence-electron chi connectivity index (χ4n) is 1.27. The van der Waals surface area contributed by atoms with Crippen LogP contribution in [0.15, 0.2) is 0 Å². The first kappa shape index (κ1) is 7.54. The molecule has 0 aliphatic carbocycles. The lowest BCUT2D eigenvalue weighted by Gasteiger charge is -2.11. The monoisotopic (exact) mass is 141 g/mol. The van der Waals surface area contributed by atoms with Gasteiger partial charge in [0.25, 0.3) is 0 Å². The summed E-state index contributed by atoms with van der Waals surface area (Å²) in [5.74, 6) is -0.438. The van der Waals surface area contributed by atoms with Crippen molar-refractivity contribution in [1.29, 1.82) is 0 Å². The molecule has 1 N–H and O–H groups in total. The zero-order valence-electron chi connectivity index (χ0n) is 6.10. The van der Waals surface area contributed by atoms with Crippen LogP contribution in [-0.2, 0) is 4.79 Å². The highest BCUT2D eigenvalue weighted by Gasteiger charge is 2.11. The van der Waals surface area contributed by atoms with Crippen LogP contribution in [0.1, 0.15) is 19.3 Å². The number of amides is 1. The molecule has 0 spiro atoms. The first-order valence-electron chi connectivity index (χ1n) is 3.76. The fourth-order valence-corrected chi connectivity index (χ4v) is 1.27. The van der Waals surface area contributed by atoms with Crippen molar-refractivity contribution in [1.82, 2.24) is 10.6 Å². The molecule has 1 aliphatic heterocycles. The van der Waals surface area contributed by atoms with E-state index < -0.39 is 5.91 Å². The Morgan fingerprint density at radius 3 is 2.50 bits per heavy atom. The van der Waals surface area contributed by atoms with Crippen molar-refractivity contribution in [2.75, 3.05) is 19.6 Å². The number of likely N-dealkylation sites (tertiary alicyclic amines) is 1. The first-order chi connectivity index (χ1) is 4.79. The van der Waals surface area contributed by atoms with Crippen molar-refractivity contribution in [3.8, 4) is 0 Å². The van der Waals surface area contributed by atoms with Gasteiger partial charge in [-0.1, -0.05) is 0 Å². The minimum absolute atomic E-state index is 0.403. The van der Waals surface area contributed by atoms with Crippen molar-refractivity contribution >= 4 is 5.91 Å². The molecule has 3 nitrogen and oxygen atoms in total. The average Bonchev–Trinajstić information content (AvgIpc) is 2.34. The van der Waals surface area contributed by atoms with E-state index >= 15 is 0 Å². The lowest BCUT2D eigenvalue weighted by Crippen LogP contribution is -2.22. The maximum absolute atomic E-state index is 10.2. The Balaban J connectivity index is 2.07. The van der Waals surface area contributed by atoms with Gasteiger partial charge in [-0.3, -0.25) is 10.5 Å². The van der Waals surface area contributed by atoms with E-state index in [-0.39, 0.29) is 0 Å². The summed E-state index contributed by atoms with van der Waals surface area (Å²) < 4.78 is 0. The Kier molecular flexibility index (Phi) is 2.68. The summed E-state index contributed by atoms with van der Waals surface area (Å²) >= 11 is 0. The second-order valence-corrected chi connectivity index (χ2v) is 2.72. The highest BCUT2D eigenvalue weighted by molar-refractivity contribution is 5.73. The second kappa shape index (κ2) is 3.56. The molecule has 1 aliphatic rings. The van der Waals surface area contributed by atoms with E-state index in [4.69, 9.17) is 5.73 Å². The maximum Gasteiger partial charge on any atom is 0.239 e. The SMILES string of the molecule is [NH]C(=O)CCN1CCCC1. The smallest absolute Gasteiger partial charge is 0.239 e. The molecular formula is C7H13N2O. The van der Waals surface area contributed by atoms with Gasteiger partial charge in [0.1, 0.15) is 0 Å². The molecule has 0 aromatic heterocycles. The van der Waals surface area contributed by atoms with Crippen LogP contribution < -0.4 is 5.73 Å². The van der Waals surface area contributed by atoms with Gasteiger partial charge in [0, 0.05) is 13.0 Å². The summed E-state index contributed by atoms with van der Waals surface area (Å²) in [7, 11) is 0. The van der Waals surface area contributed by atoms with Gasteiger partial charge in [-0.15, -0.1) is 0 Å². The zero-order chi connectivity index (χ0) is 7.40. The van der Waals surface area contributed by atoms with E-state index in [1.54, 1.807) is 0 Å². The van der Waals surface area contributed by atoms with Gasteiger partial charge in [0.2, 0.25) is 5.91 Å². The van der Waals surface area contributed by atoms with Crippen LogP contribution in [0.4, 0.5) is 0 Å². The molecule has 0 aromatic carbocycles. The van der Waals surface area contributed by atoms with Gasteiger partial charge in [-0.25, -0.2) is 0 Å². The van der Waals surface area contributed by atoms with Crippen LogP contribution in [0.25, 0.3) is 0 Å². The molecule has 1 amide bonds. The van der Waals surface area contributed by atoms with E-state index in [0.29, 0.717) is 6.42 Å². The summed E-state index contributed by atoms with van der Waals surface area (Å²) in [5.41, 5.74) is 6.68. The lowest BCUT2D eigenvalue weighted by molar-refractivity contribution is -0.118. The third kappa shape index (κ3) is 2.35. The van der Waals surface area contributed by atoms with Crippen molar-refractivity contribution in [2.24, 2.45) is 0 Å². The summed E-state index contributed by atoms with van der Waals surface area (Å²) in [4.78, 5) is 12.5. The number of carbonyl (C=O) groups excluding carboxylic acids is 1. The molecule has 1 fully saturated rings. The van der Waals surface area contributed by atoms with E-state index in [1.165, 1.54) is 12.8 Å². The molecule has 1 saturated heterocycles. The standard InChI is InChI=1S/C7H13N2O/c8-7(10)3-6-9-4-1-2-5-9/h8H,1-6H2. The molecule has 3 heteroatoms. The Morgan fingerprint density at radius 1 is 1.40 bits per heavy atom. The molecule has 1 heterocycles.